The molecule has 3 rings (SSSR count). The number of nitrogens with one attached hydrogen (secondary N) is 1. The summed E-state index contributed by atoms with van der Waals surface area (Å²) >= 11 is 1.39. The lowest BCUT2D eigenvalue weighted by Gasteiger charge is -2.10. The van der Waals surface area contributed by atoms with Crippen molar-refractivity contribution in [2.24, 2.45) is 0 Å². The molecule has 152 valence electrons. The molecule has 0 bridgehead atoms. The molecule has 0 aliphatic rings. The van der Waals surface area contributed by atoms with Gasteiger partial charge in [0.2, 0.25) is 5.91 Å². The van der Waals surface area contributed by atoms with Crippen LogP contribution in [0.1, 0.15) is 17.5 Å². The van der Waals surface area contributed by atoms with E-state index in [0.717, 1.165) is 39.6 Å². The van der Waals surface area contributed by atoms with Crippen LogP contribution in [0.15, 0.2) is 41.8 Å². The molecule has 0 aliphatic heterocycles. The van der Waals surface area contributed by atoms with E-state index in [1.807, 2.05) is 48.7 Å². The summed E-state index contributed by atoms with van der Waals surface area (Å²) in [5.41, 5.74) is 3.73. The van der Waals surface area contributed by atoms with E-state index in [1.54, 1.807) is 21.3 Å². The van der Waals surface area contributed by atoms with E-state index in [4.69, 9.17) is 14.2 Å². The molecule has 0 fully saturated rings. The van der Waals surface area contributed by atoms with E-state index in [9.17, 15) is 4.79 Å². The monoisotopic (exact) mass is 412 g/mol. The summed E-state index contributed by atoms with van der Waals surface area (Å²) in [5, 5.41) is 5.35. The third-order valence-corrected chi connectivity index (χ3v) is 5.25. The predicted molar refractivity (Wildman–Crippen MR) is 115 cm³/mol. The predicted octanol–water partition coefficient (Wildman–Crippen LogP) is 4.72. The first-order valence-corrected chi connectivity index (χ1v) is 10.0. The van der Waals surface area contributed by atoms with Gasteiger partial charge in [0.15, 0.2) is 5.13 Å². The van der Waals surface area contributed by atoms with Crippen LogP contribution in [-0.4, -0.2) is 32.2 Å². The fraction of sp³-hybridized carbons (Fsp3) is 0.273. The standard InChI is InChI=1S/C22H24N2O4S/c1-14-5-8-20(28-4)17(11-14)18-13-29-22(23-18)24-21(25)10-6-15-12-16(26-2)7-9-19(15)27-3/h5,7-9,11-13H,6,10H2,1-4H3,(H,23,24,25). The minimum atomic E-state index is -0.105. The van der Waals surface area contributed by atoms with E-state index < -0.39 is 0 Å². The molecule has 0 spiro atoms. The lowest BCUT2D eigenvalue weighted by molar-refractivity contribution is -0.116. The van der Waals surface area contributed by atoms with Crippen LogP contribution in [0.3, 0.4) is 0 Å². The molecule has 3 aromatic rings. The SMILES string of the molecule is COc1ccc(OC)c(CCC(=O)Nc2nc(-c3cc(C)ccc3OC)cs2)c1. The van der Waals surface area contributed by atoms with E-state index in [-0.39, 0.29) is 5.91 Å². The number of benzene rings is 2. The maximum absolute atomic E-state index is 12.4. The van der Waals surface area contributed by atoms with E-state index >= 15 is 0 Å². The van der Waals surface area contributed by atoms with Crippen LogP contribution in [-0.2, 0) is 11.2 Å². The van der Waals surface area contributed by atoms with Crippen molar-refractivity contribution < 1.29 is 19.0 Å². The third-order valence-electron chi connectivity index (χ3n) is 4.49. The Labute approximate surface area is 174 Å². The molecule has 0 atom stereocenters. The number of carbonyl (C=O) groups excluding carboxylic acids is 1. The molecule has 0 saturated heterocycles. The number of thiazole rings is 1. The largest absolute Gasteiger partial charge is 0.497 e. The Balaban J connectivity index is 1.66. The second-order valence-corrected chi connectivity index (χ2v) is 7.33. The van der Waals surface area contributed by atoms with Crippen LogP contribution in [0.25, 0.3) is 11.3 Å². The summed E-state index contributed by atoms with van der Waals surface area (Å²) in [6.45, 7) is 2.02. The van der Waals surface area contributed by atoms with Crippen molar-refractivity contribution in [3.63, 3.8) is 0 Å². The number of anilines is 1. The number of hydrogen-bond acceptors (Lipinski definition) is 6. The van der Waals surface area contributed by atoms with Gasteiger partial charge < -0.3 is 19.5 Å². The van der Waals surface area contributed by atoms with Crippen molar-refractivity contribution in [3.05, 3.63) is 52.9 Å². The van der Waals surface area contributed by atoms with Gasteiger partial charge in [0.1, 0.15) is 17.2 Å². The molecule has 2 aromatic carbocycles. The fourth-order valence-corrected chi connectivity index (χ4v) is 3.71. The molecule has 0 aliphatic carbocycles. The second-order valence-electron chi connectivity index (χ2n) is 6.47. The van der Waals surface area contributed by atoms with Gasteiger partial charge >= 0.3 is 0 Å². The summed E-state index contributed by atoms with van der Waals surface area (Å²) in [7, 11) is 4.86. The number of amides is 1. The van der Waals surface area contributed by atoms with Crippen molar-refractivity contribution in [1.82, 2.24) is 4.98 Å². The number of ether oxygens (including phenoxy) is 3. The number of methoxy groups -OCH3 is 3. The number of rotatable bonds is 8. The first-order valence-electron chi connectivity index (χ1n) is 9.15. The zero-order valence-electron chi connectivity index (χ0n) is 16.9. The maximum Gasteiger partial charge on any atom is 0.226 e. The Kier molecular flexibility index (Phi) is 6.72. The lowest BCUT2D eigenvalue weighted by atomic mass is 10.1. The van der Waals surface area contributed by atoms with Crippen molar-refractivity contribution in [3.8, 4) is 28.5 Å². The Morgan fingerprint density at radius 3 is 2.52 bits per heavy atom. The zero-order valence-corrected chi connectivity index (χ0v) is 17.8. The summed E-state index contributed by atoms with van der Waals surface area (Å²) in [5.74, 6) is 2.12. The number of hydrogen-bond donors (Lipinski definition) is 1. The van der Waals surface area contributed by atoms with Gasteiger partial charge in [0.25, 0.3) is 0 Å². The normalized spacial score (nSPS) is 10.5. The van der Waals surface area contributed by atoms with Gasteiger partial charge in [-0.1, -0.05) is 11.6 Å². The smallest absolute Gasteiger partial charge is 0.226 e. The maximum atomic E-state index is 12.4. The van der Waals surface area contributed by atoms with Gasteiger partial charge in [-0.15, -0.1) is 11.3 Å². The molecule has 0 saturated carbocycles. The molecule has 1 N–H and O–H groups in total. The van der Waals surface area contributed by atoms with Crippen molar-refractivity contribution in [1.29, 1.82) is 0 Å². The van der Waals surface area contributed by atoms with E-state index in [0.29, 0.717) is 18.0 Å². The van der Waals surface area contributed by atoms with Crippen LogP contribution in [0.4, 0.5) is 5.13 Å². The van der Waals surface area contributed by atoms with Crippen molar-refractivity contribution in [2.75, 3.05) is 26.6 Å². The average Bonchev–Trinajstić information content (AvgIpc) is 3.20. The van der Waals surface area contributed by atoms with Crippen LogP contribution < -0.4 is 19.5 Å². The Morgan fingerprint density at radius 2 is 1.79 bits per heavy atom. The molecule has 6 nitrogen and oxygen atoms in total. The molecular formula is C22H24N2O4S. The zero-order chi connectivity index (χ0) is 20.8. The van der Waals surface area contributed by atoms with Crippen molar-refractivity contribution in [2.45, 2.75) is 19.8 Å². The highest BCUT2D eigenvalue weighted by atomic mass is 32.1. The summed E-state index contributed by atoms with van der Waals surface area (Å²) < 4.78 is 16.1. The van der Waals surface area contributed by atoms with Gasteiger partial charge in [-0.3, -0.25) is 4.79 Å². The summed E-state index contributed by atoms with van der Waals surface area (Å²) in [6.07, 6.45) is 0.850. The Bertz CT molecular complexity index is 1000. The number of nitrogens with zero attached hydrogens (tertiary/aromatic N) is 1. The highest BCUT2D eigenvalue weighted by Crippen LogP contribution is 2.33. The van der Waals surface area contributed by atoms with Crippen LogP contribution >= 0.6 is 11.3 Å². The molecule has 1 amide bonds. The lowest BCUT2D eigenvalue weighted by Crippen LogP contribution is -2.12. The Hall–Kier alpha value is -3.06. The molecule has 29 heavy (non-hydrogen) atoms. The third kappa shape index (κ3) is 5.06. The van der Waals surface area contributed by atoms with Crippen LogP contribution in [0.2, 0.25) is 0 Å². The first kappa shape index (κ1) is 20.7. The van der Waals surface area contributed by atoms with E-state index in [2.05, 4.69) is 10.3 Å². The quantitative estimate of drug-likeness (QED) is 0.580. The van der Waals surface area contributed by atoms with E-state index in [1.165, 1.54) is 11.3 Å². The van der Waals surface area contributed by atoms with Gasteiger partial charge in [-0.25, -0.2) is 4.98 Å². The fourth-order valence-electron chi connectivity index (χ4n) is 2.98. The van der Waals surface area contributed by atoms with Crippen LogP contribution in [0.5, 0.6) is 17.2 Å². The van der Waals surface area contributed by atoms with Gasteiger partial charge in [0.05, 0.1) is 27.0 Å². The molecule has 0 radical (unpaired) electrons. The summed E-state index contributed by atoms with van der Waals surface area (Å²) in [6, 6.07) is 11.5. The number of aromatic nitrogens is 1. The molecule has 0 unspecified atom stereocenters. The minimum Gasteiger partial charge on any atom is -0.497 e. The molecule has 1 heterocycles. The summed E-state index contributed by atoms with van der Waals surface area (Å²) in [4.78, 5) is 17.0. The van der Waals surface area contributed by atoms with Gasteiger partial charge in [-0.05, 0) is 49.2 Å². The number of aryl methyl sites for hydroxylation is 2. The first-order chi connectivity index (χ1) is 14.0. The van der Waals surface area contributed by atoms with Crippen LogP contribution in [0, 0.1) is 6.92 Å². The van der Waals surface area contributed by atoms with Gasteiger partial charge in [0, 0.05) is 17.4 Å². The van der Waals surface area contributed by atoms with Gasteiger partial charge in [-0.2, -0.15) is 0 Å². The molecular weight excluding hydrogens is 388 g/mol. The topological polar surface area (TPSA) is 69.7 Å². The van der Waals surface area contributed by atoms with Crippen molar-refractivity contribution >= 4 is 22.4 Å². The average molecular weight is 413 g/mol. The Morgan fingerprint density at radius 1 is 1.03 bits per heavy atom. The number of carbonyl (C=O) groups is 1. The molecule has 7 heteroatoms. The highest BCUT2D eigenvalue weighted by Gasteiger charge is 2.13. The molecule has 1 aromatic heterocycles. The minimum absolute atomic E-state index is 0.105. The highest BCUT2D eigenvalue weighted by molar-refractivity contribution is 7.14. The second kappa shape index (κ2) is 9.43.